The van der Waals surface area contributed by atoms with Gasteiger partial charge in [-0.05, 0) is 49.2 Å². The molecular weight excluding hydrogens is 366 g/mol. The predicted molar refractivity (Wildman–Crippen MR) is 114 cm³/mol. The fourth-order valence-corrected chi connectivity index (χ4v) is 2.90. The molecule has 3 aromatic rings. The molecule has 4 N–H and O–H groups in total. The van der Waals surface area contributed by atoms with E-state index in [1.807, 2.05) is 49.4 Å². The first-order valence-electron chi connectivity index (χ1n) is 9.63. The molecule has 0 aliphatic rings. The first-order chi connectivity index (χ1) is 14.0. The summed E-state index contributed by atoms with van der Waals surface area (Å²) in [7, 11) is 0. The number of anilines is 2. The maximum atomic E-state index is 12.4. The summed E-state index contributed by atoms with van der Waals surface area (Å²) in [4.78, 5) is 24.4. The quantitative estimate of drug-likeness (QED) is 0.477. The third-order valence-corrected chi connectivity index (χ3v) is 4.43. The molecule has 0 radical (unpaired) electrons. The zero-order valence-electron chi connectivity index (χ0n) is 16.5. The van der Waals surface area contributed by atoms with Crippen LogP contribution in [0.3, 0.4) is 0 Å². The molecule has 3 amide bonds. The first-order valence-corrected chi connectivity index (χ1v) is 9.63. The normalized spacial score (nSPS) is 11.5. The molecule has 1 atom stereocenters. The third kappa shape index (κ3) is 5.68. The Morgan fingerprint density at radius 1 is 1.00 bits per heavy atom. The Bertz CT molecular complexity index is 951. The van der Waals surface area contributed by atoms with Crippen molar-refractivity contribution in [1.82, 2.24) is 15.5 Å². The SMILES string of the molecule is CCCc1cc(C(=O)NC(C)c2ccc(NC(=O)Nc3ccccc3)cc2)n[nH]1. The van der Waals surface area contributed by atoms with Gasteiger partial charge in [-0.15, -0.1) is 0 Å². The number of amides is 3. The van der Waals surface area contributed by atoms with E-state index in [4.69, 9.17) is 0 Å². The Balaban J connectivity index is 1.54. The molecule has 0 spiro atoms. The summed E-state index contributed by atoms with van der Waals surface area (Å²) < 4.78 is 0. The molecule has 1 heterocycles. The number of carbonyl (C=O) groups is 2. The van der Waals surface area contributed by atoms with E-state index in [1.54, 1.807) is 18.2 Å². The minimum absolute atomic E-state index is 0.193. The summed E-state index contributed by atoms with van der Waals surface area (Å²) in [6.07, 6.45) is 1.85. The number of hydrogen-bond donors (Lipinski definition) is 4. The number of aromatic amines is 1. The highest BCUT2D eigenvalue weighted by molar-refractivity contribution is 5.99. The lowest BCUT2D eigenvalue weighted by Gasteiger charge is -2.14. The van der Waals surface area contributed by atoms with E-state index in [-0.39, 0.29) is 18.0 Å². The van der Waals surface area contributed by atoms with Gasteiger partial charge in [-0.1, -0.05) is 43.7 Å². The van der Waals surface area contributed by atoms with Gasteiger partial charge in [0.05, 0.1) is 6.04 Å². The summed E-state index contributed by atoms with van der Waals surface area (Å²) >= 11 is 0. The molecule has 0 aliphatic carbocycles. The lowest BCUT2D eigenvalue weighted by Crippen LogP contribution is -2.27. The van der Waals surface area contributed by atoms with E-state index >= 15 is 0 Å². The number of para-hydroxylation sites is 1. The Hall–Kier alpha value is -3.61. The topological polar surface area (TPSA) is 98.9 Å². The zero-order valence-corrected chi connectivity index (χ0v) is 16.5. The van der Waals surface area contributed by atoms with Gasteiger partial charge in [0.25, 0.3) is 5.91 Å². The number of benzene rings is 2. The molecule has 0 bridgehead atoms. The first kappa shape index (κ1) is 20.1. The highest BCUT2D eigenvalue weighted by Crippen LogP contribution is 2.17. The molecule has 29 heavy (non-hydrogen) atoms. The summed E-state index contributed by atoms with van der Waals surface area (Å²) in [6.45, 7) is 3.98. The molecule has 3 rings (SSSR count). The number of hydrogen-bond acceptors (Lipinski definition) is 3. The van der Waals surface area contributed by atoms with Crippen LogP contribution in [-0.2, 0) is 6.42 Å². The van der Waals surface area contributed by atoms with Crippen LogP contribution >= 0.6 is 0 Å². The Labute approximate surface area is 169 Å². The second-order valence-electron chi connectivity index (χ2n) is 6.79. The maximum absolute atomic E-state index is 12.4. The lowest BCUT2D eigenvalue weighted by molar-refractivity contribution is 0.0935. The van der Waals surface area contributed by atoms with Gasteiger partial charge in [0, 0.05) is 17.1 Å². The van der Waals surface area contributed by atoms with Gasteiger partial charge < -0.3 is 16.0 Å². The van der Waals surface area contributed by atoms with Crippen LogP contribution in [0.5, 0.6) is 0 Å². The van der Waals surface area contributed by atoms with Gasteiger partial charge in [-0.2, -0.15) is 5.10 Å². The number of urea groups is 1. The summed E-state index contributed by atoms with van der Waals surface area (Å²) in [5.41, 5.74) is 3.65. The summed E-state index contributed by atoms with van der Waals surface area (Å²) in [5, 5.41) is 15.4. The number of rotatable bonds is 7. The van der Waals surface area contributed by atoms with Crippen LogP contribution < -0.4 is 16.0 Å². The Morgan fingerprint density at radius 3 is 2.31 bits per heavy atom. The van der Waals surface area contributed by atoms with E-state index in [9.17, 15) is 9.59 Å². The van der Waals surface area contributed by atoms with Gasteiger partial charge in [0.15, 0.2) is 0 Å². The Morgan fingerprint density at radius 2 is 1.66 bits per heavy atom. The molecule has 0 saturated carbocycles. The number of aryl methyl sites for hydroxylation is 1. The standard InChI is InChI=1S/C22H25N5O2/c1-3-7-19-14-20(27-26-19)21(28)23-15(2)16-10-12-18(13-11-16)25-22(29)24-17-8-5-4-6-9-17/h4-6,8-15H,3,7H2,1-2H3,(H,23,28)(H,26,27)(H2,24,25,29). The van der Waals surface area contributed by atoms with E-state index in [0.717, 1.165) is 29.8 Å². The van der Waals surface area contributed by atoms with E-state index in [0.29, 0.717) is 11.4 Å². The number of aromatic nitrogens is 2. The van der Waals surface area contributed by atoms with Crippen LogP contribution in [0.2, 0.25) is 0 Å². The van der Waals surface area contributed by atoms with E-state index in [2.05, 4.69) is 33.1 Å². The van der Waals surface area contributed by atoms with Gasteiger partial charge in [0.2, 0.25) is 0 Å². The minimum Gasteiger partial charge on any atom is -0.344 e. The summed E-state index contributed by atoms with van der Waals surface area (Å²) in [6, 6.07) is 17.9. The molecule has 7 nitrogen and oxygen atoms in total. The number of H-pyrrole nitrogens is 1. The van der Waals surface area contributed by atoms with Crippen molar-refractivity contribution < 1.29 is 9.59 Å². The molecule has 1 aromatic heterocycles. The largest absolute Gasteiger partial charge is 0.344 e. The molecule has 150 valence electrons. The second-order valence-corrected chi connectivity index (χ2v) is 6.79. The number of nitrogens with one attached hydrogen (secondary N) is 4. The monoisotopic (exact) mass is 391 g/mol. The Kier molecular flexibility index (Phi) is 6.63. The number of nitrogens with zero attached hydrogens (tertiary/aromatic N) is 1. The number of carbonyl (C=O) groups excluding carboxylic acids is 2. The van der Waals surface area contributed by atoms with Crippen molar-refractivity contribution in [2.45, 2.75) is 32.7 Å². The van der Waals surface area contributed by atoms with Crippen LogP contribution in [0.1, 0.15) is 48.1 Å². The van der Waals surface area contributed by atoms with Crippen molar-refractivity contribution in [1.29, 1.82) is 0 Å². The fourth-order valence-electron chi connectivity index (χ4n) is 2.90. The van der Waals surface area contributed by atoms with Crippen LogP contribution in [0.25, 0.3) is 0 Å². The fraction of sp³-hybridized carbons (Fsp3) is 0.227. The van der Waals surface area contributed by atoms with Gasteiger partial charge in [-0.3, -0.25) is 9.89 Å². The molecule has 1 unspecified atom stereocenters. The lowest BCUT2D eigenvalue weighted by atomic mass is 10.1. The van der Waals surface area contributed by atoms with E-state index < -0.39 is 0 Å². The average Bonchev–Trinajstić information content (AvgIpc) is 3.18. The zero-order chi connectivity index (χ0) is 20.6. The van der Waals surface area contributed by atoms with Crippen molar-refractivity contribution in [2.24, 2.45) is 0 Å². The molecule has 0 saturated heterocycles. The van der Waals surface area contributed by atoms with Crippen molar-refractivity contribution in [3.8, 4) is 0 Å². The molecule has 0 aliphatic heterocycles. The smallest absolute Gasteiger partial charge is 0.323 e. The van der Waals surface area contributed by atoms with Crippen LogP contribution in [0.15, 0.2) is 60.7 Å². The van der Waals surface area contributed by atoms with Crippen molar-refractivity contribution in [3.63, 3.8) is 0 Å². The van der Waals surface area contributed by atoms with Gasteiger partial charge in [0.1, 0.15) is 5.69 Å². The average molecular weight is 391 g/mol. The van der Waals surface area contributed by atoms with Crippen LogP contribution in [0.4, 0.5) is 16.2 Å². The van der Waals surface area contributed by atoms with Crippen LogP contribution in [-0.4, -0.2) is 22.1 Å². The van der Waals surface area contributed by atoms with E-state index in [1.165, 1.54) is 0 Å². The van der Waals surface area contributed by atoms with Crippen molar-refractivity contribution >= 4 is 23.3 Å². The minimum atomic E-state index is -0.313. The van der Waals surface area contributed by atoms with Crippen LogP contribution in [0, 0.1) is 0 Å². The van der Waals surface area contributed by atoms with Gasteiger partial charge >= 0.3 is 6.03 Å². The molecule has 2 aromatic carbocycles. The summed E-state index contributed by atoms with van der Waals surface area (Å²) in [5.74, 6) is -0.222. The molecule has 0 fully saturated rings. The second kappa shape index (κ2) is 9.54. The highest BCUT2D eigenvalue weighted by Gasteiger charge is 2.14. The predicted octanol–water partition coefficient (Wildman–Crippen LogP) is 4.50. The van der Waals surface area contributed by atoms with Gasteiger partial charge in [-0.25, -0.2) is 4.79 Å². The molecule has 7 heteroatoms. The maximum Gasteiger partial charge on any atom is 0.323 e. The van der Waals surface area contributed by atoms with Crippen molar-refractivity contribution in [2.75, 3.05) is 10.6 Å². The third-order valence-electron chi connectivity index (χ3n) is 4.43. The molecular formula is C22H25N5O2. The highest BCUT2D eigenvalue weighted by atomic mass is 16.2. The van der Waals surface area contributed by atoms with Crippen molar-refractivity contribution in [3.05, 3.63) is 77.6 Å².